The molecule has 0 aliphatic rings. The maximum atomic E-state index is 12.3. The number of anilines is 1. The van der Waals surface area contributed by atoms with E-state index in [0.29, 0.717) is 11.3 Å². The third kappa shape index (κ3) is 3.68. The zero-order valence-corrected chi connectivity index (χ0v) is 12.0. The van der Waals surface area contributed by atoms with E-state index in [1.54, 1.807) is 24.5 Å². The number of aryl methyl sites for hydroxylation is 2. The number of hydrogen-bond acceptors (Lipinski definition) is 3. The molecule has 0 fully saturated rings. The molecule has 2 aromatic rings. The molecule has 2 rings (SSSR count). The standard InChI is InChI=1S/C17H16N2O2/c1-12-5-6-15(10-14(12)4-3-9-20)17(21)19-16-11-18-8-7-13(16)2/h5-8,10-11,20H,9H2,1-2H3,(H,19,21). The number of aromatic nitrogens is 1. The van der Waals surface area contributed by atoms with Gasteiger partial charge in [0.2, 0.25) is 0 Å². The first kappa shape index (κ1) is 14.8. The number of hydrogen-bond donors (Lipinski definition) is 2. The van der Waals surface area contributed by atoms with Gasteiger partial charge in [0.05, 0.1) is 11.9 Å². The van der Waals surface area contributed by atoms with E-state index >= 15 is 0 Å². The Hall–Kier alpha value is -2.64. The van der Waals surface area contributed by atoms with Crippen LogP contribution < -0.4 is 5.32 Å². The Morgan fingerprint density at radius 1 is 1.29 bits per heavy atom. The molecule has 0 spiro atoms. The van der Waals surface area contributed by atoms with Gasteiger partial charge in [-0.15, -0.1) is 0 Å². The van der Waals surface area contributed by atoms with Gasteiger partial charge in [-0.1, -0.05) is 17.9 Å². The summed E-state index contributed by atoms with van der Waals surface area (Å²) < 4.78 is 0. The van der Waals surface area contributed by atoms with Crippen molar-refractivity contribution in [2.45, 2.75) is 13.8 Å². The van der Waals surface area contributed by atoms with Gasteiger partial charge in [-0.05, 0) is 43.2 Å². The van der Waals surface area contributed by atoms with Gasteiger partial charge in [-0.2, -0.15) is 0 Å². The number of amides is 1. The zero-order valence-electron chi connectivity index (χ0n) is 12.0. The van der Waals surface area contributed by atoms with Crippen molar-refractivity contribution in [3.05, 3.63) is 58.9 Å². The fourth-order valence-electron chi connectivity index (χ4n) is 1.82. The summed E-state index contributed by atoms with van der Waals surface area (Å²) in [5.74, 6) is 5.22. The molecule has 4 heteroatoms. The molecule has 0 saturated carbocycles. The van der Waals surface area contributed by atoms with Crippen molar-refractivity contribution in [2.75, 3.05) is 11.9 Å². The van der Waals surface area contributed by atoms with Crippen LogP contribution in [-0.2, 0) is 0 Å². The monoisotopic (exact) mass is 280 g/mol. The minimum absolute atomic E-state index is 0.204. The Bertz CT molecular complexity index is 727. The summed E-state index contributed by atoms with van der Waals surface area (Å²) in [6.07, 6.45) is 3.30. The summed E-state index contributed by atoms with van der Waals surface area (Å²) >= 11 is 0. The Morgan fingerprint density at radius 2 is 2.10 bits per heavy atom. The van der Waals surface area contributed by atoms with Gasteiger partial charge >= 0.3 is 0 Å². The van der Waals surface area contributed by atoms with E-state index in [0.717, 1.165) is 16.7 Å². The van der Waals surface area contributed by atoms with Gasteiger partial charge in [-0.25, -0.2) is 0 Å². The Balaban J connectivity index is 2.26. The van der Waals surface area contributed by atoms with Crippen molar-refractivity contribution in [3.8, 4) is 11.8 Å². The first-order chi connectivity index (χ1) is 10.1. The second kappa shape index (κ2) is 6.69. The number of nitrogens with zero attached hydrogens (tertiary/aromatic N) is 1. The highest BCUT2D eigenvalue weighted by atomic mass is 16.2. The summed E-state index contributed by atoms with van der Waals surface area (Å²) in [6.45, 7) is 3.61. The average molecular weight is 280 g/mol. The normalized spacial score (nSPS) is 9.67. The molecule has 106 valence electrons. The summed E-state index contributed by atoms with van der Waals surface area (Å²) in [6, 6.07) is 7.15. The van der Waals surface area contributed by atoms with E-state index in [1.807, 2.05) is 26.0 Å². The smallest absolute Gasteiger partial charge is 0.255 e. The molecule has 0 radical (unpaired) electrons. The molecule has 0 saturated heterocycles. The first-order valence-corrected chi connectivity index (χ1v) is 6.54. The van der Waals surface area contributed by atoms with Crippen LogP contribution in [0.3, 0.4) is 0 Å². The molecular weight excluding hydrogens is 264 g/mol. The lowest BCUT2D eigenvalue weighted by molar-refractivity contribution is 0.102. The number of benzene rings is 1. The molecule has 0 atom stereocenters. The molecule has 21 heavy (non-hydrogen) atoms. The maximum absolute atomic E-state index is 12.3. The van der Waals surface area contributed by atoms with Crippen LogP contribution in [0.1, 0.15) is 27.0 Å². The van der Waals surface area contributed by atoms with Crippen LogP contribution in [0.5, 0.6) is 0 Å². The molecule has 1 aromatic carbocycles. The van der Waals surface area contributed by atoms with E-state index < -0.39 is 0 Å². The van der Waals surface area contributed by atoms with Crippen molar-refractivity contribution in [1.82, 2.24) is 4.98 Å². The van der Waals surface area contributed by atoms with E-state index in [9.17, 15) is 4.79 Å². The van der Waals surface area contributed by atoms with Gasteiger partial charge < -0.3 is 10.4 Å². The third-order valence-electron chi connectivity index (χ3n) is 3.09. The second-order valence-electron chi connectivity index (χ2n) is 4.63. The predicted molar refractivity (Wildman–Crippen MR) is 82.1 cm³/mol. The minimum Gasteiger partial charge on any atom is -0.384 e. The summed E-state index contributed by atoms with van der Waals surface area (Å²) in [7, 11) is 0. The highest BCUT2D eigenvalue weighted by Crippen LogP contribution is 2.15. The topological polar surface area (TPSA) is 62.2 Å². The van der Waals surface area contributed by atoms with Crippen molar-refractivity contribution in [1.29, 1.82) is 0 Å². The van der Waals surface area contributed by atoms with Crippen LogP contribution in [0, 0.1) is 25.7 Å². The van der Waals surface area contributed by atoms with Gasteiger partial charge in [-0.3, -0.25) is 9.78 Å². The fraction of sp³-hybridized carbons (Fsp3) is 0.176. The number of nitrogens with one attached hydrogen (secondary N) is 1. The molecule has 0 unspecified atom stereocenters. The molecule has 0 aliphatic heterocycles. The van der Waals surface area contributed by atoms with Gasteiger partial charge in [0.1, 0.15) is 6.61 Å². The summed E-state index contributed by atoms with van der Waals surface area (Å²) in [4.78, 5) is 16.3. The molecule has 1 heterocycles. The van der Waals surface area contributed by atoms with Crippen LogP contribution in [0.4, 0.5) is 5.69 Å². The average Bonchev–Trinajstić information content (AvgIpc) is 2.48. The van der Waals surface area contributed by atoms with Crippen molar-refractivity contribution < 1.29 is 9.90 Å². The molecule has 0 aliphatic carbocycles. The van der Waals surface area contributed by atoms with E-state index in [2.05, 4.69) is 22.1 Å². The lowest BCUT2D eigenvalue weighted by Gasteiger charge is -2.08. The number of pyridine rings is 1. The van der Waals surface area contributed by atoms with Crippen molar-refractivity contribution >= 4 is 11.6 Å². The lowest BCUT2D eigenvalue weighted by Crippen LogP contribution is -2.13. The Labute approximate surface area is 123 Å². The molecule has 1 aromatic heterocycles. The highest BCUT2D eigenvalue weighted by Gasteiger charge is 2.09. The quantitative estimate of drug-likeness (QED) is 0.830. The van der Waals surface area contributed by atoms with Crippen LogP contribution in [0.25, 0.3) is 0 Å². The highest BCUT2D eigenvalue weighted by molar-refractivity contribution is 6.04. The van der Waals surface area contributed by atoms with Crippen molar-refractivity contribution in [2.24, 2.45) is 0 Å². The van der Waals surface area contributed by atoms with Crippen LogP contribution >= 0.6 is 0 Å². The summed E-state index contributed by atoms with van der Waals surface area (Å²) in [5.41, 5.74) is 3.85. The number of aliphatic hydroxyl groups excluding tert-OH is 1. The SMILES string of the molecule is Cc1ccc(C(=O)Nc2cnccc2C)cc1C#CCO. The molecule has 2 N–H and O–H groups in total. The van der Waals surface area contributed by atoms with Crippen molar-refractivity contribution in [3.63, 3.8) is 0 Å². The Kier molecular flexibility index (Phi) is 4.70. The zero-order chi connectivity index (χ0) is 15.2. The first-order valence-electron chi connectivity index (χ1n) is 6.54. The number of rotatable bonds is 2. The third-order valence-corrected chi connectivity index (χ3v) is 3.09. The molecular formula is C17H16N2O2. The predicted octanol–water partition coefficient (Wildman–Crippen LogP) is 2.29. The van der Waals surface area contributed by atoms with Gasteiger partial charge in [0.25, 0.3) is 5.91 Å². The summed E-state index contributed by atoms with van der Waals surface area (Å²) in [5, 5.41) is 11.6. The van der Waals surface area contributed by atoms with Gasteiger partial charge in [0.15, 0.2) is 0 Å². The van der Waals surface area contributed by atoms with E-state index in [-0.39, 0.29) is 12.5 Å². The lowest BCUT2D eigenvalue weighted by atomic mass is 10.0. The van der Waals surface area contributed by atoms with E-state index in [1.165, 1.54) is 0 Å². The number of aliphatic hydroxyl groups is 1. The van der Waals surface area contributed by atoms with E-state index in [4.69, 9.17) is 5.11 Å². The number of carbonyl (C=O) groups excluding carboxylic acids is 1. The van der Waals surface area contributed by atoms with Gasteiger partial charge in [0, 0.05) is 17.3 Å². The molecule has 4 nitrogen and oxygen atoms in total. The minimum atomic E-state index is -0.210. The molecule has 1 amide bonds. The maximum Gasteiger partial charge on any atom is 0.255 e. The Morgan fingerprint density at radius 3 is 2.81 bits per heavy atom. The van der Waals surface area contributed by atoms with Crippen LogP contribution in [-0.4, -0.2) is 22.6 Å². The van der Waals surface area contributed by atoms with Crippen LogP contribution in [0.15, 0.2) is 36.7 Å². The van der Waals surface area contributed by atoms with Crippen LogP contribution in [0.2, 0.25) is 0 Å². The number of carbonyl (C=O) groups is 1. The molecule has 0 bridgehead atoms. The largest absolute Gasteiger partial charge is 0.384 e. The second-order valence-corrected chi connectivity index (χ2v) is 4.63. The fourth-order valence-corrected chi connectivity index (χ4v) is 1.82.